The van der Waals surface area contributed by atoms with Gasteiger partial charge in [-0.15, -0.1) is 10.2 Å². The minimum Gasteiger partial charge on any atom is -0.361 e. The van der Waals surface area contributed by atoms with Gasteiger partial charge in [-0.1, -0.05) is 43.7 Å². The van der Waals surface area contributed by atoms with Crippen molar-refractivity contribution in [1.29, 1.82) is 0 Å². The molecule has 1 fully saturated rings. The summed E-state index contributed by atoms with van der Waals surface area (Å²) in [6, 6.07) is 5.73. The van der Waals surface area contributed by atoms with Crippen molar-refractivity contribution in [1.82, 2.24) is 20.1 Å². The van der Waals surface area contributed by atoms with Crippen LogP contribution in [0.15, 0.2) is 24.4 Å². The van der Waals surface area contributed by atoms with Crippen LogP contribution < -0.4 is 5.32 Å². The van der Waals surface area contributed by atoms with Crippen molar-refractivity contribution in [3.05, 3.63) is 40.0 Å². The number of aromatic amines is 1. The van der Waals surface area contributed by atoms with Crippen LogP contribution in [0.1, 0.15) is 37.8 Å². The Kier molecular flexibility index (Phi) is 6.03. The molecule has 0 radical (unpaired) electrons. The van der Waals surface area contributed by atoms with Gasteiger partial charge in [0.25, 0.3) is 0 Å². The van der Waals surface area contributed by atoms with Crippen molar-refractivity contribution < 1.29 is 9.59 Å². The van der Waals surface area contributed by atoms with Gasteiger partial charge in [-0.3, -0.25) is 9.59 Å². The SMILES string of the molecule is CC(C)(C)Cc1nnc(NC(=O)[C@@H]2CC(=O)N(CCc3c[nH]c4ccc(Cl)cc34)C2)s1. The fraction of sp³-hybridized carbons (Fsp3) is 0.455. The number of benzene rings is 1. The van der Waals surface area contributed by atoms with E-state index >= 15 is 0 Å². The van der Waals surface area contributed by atoms with E-state index in [1.54, 1.807) is 4.90 Å². The van der Waals surface area contributed by atoms with Gasteiger partial charge in [0.2, 0.25) is 16.9 Å². The minimum atomic E-state index is -0.375. The first-order chi connectivity index (χ1) is 14.7. The Morgan fingerprint density at radius 1 is 1.35 bits per heavy atom. The van der Waals surface area contributed by atoms with Gasteiger partial charge in [-0.2, -0.15) is 0 Å². The van der Waals surface area contributed by atoms with Crippen LogP contribution in [0.3, 0.4) is 0 Å². The Morgan fingerprint density at radius 3 is 2.94 bits per heavy atom. The average Bonchev–Trinajstić information content (AvgIpc) is 3.38. The summed E-state index contributed by atoms with van der Waals surface area (Å²) < 4.78 is 0. The molecule has 1 aliphatic rings. The van der Waals surface area contributed by atoms with Gasteiger partial charge in [-0.25, -0.2) is 0 Å². The Hall–Kier alpha value is -2.45. The highest BCUT2D eigenvalue weighted by molar-refractivity contribution is 7.15. The molecular formula is C22H26ClN5O2S. The molecule has 1 saturated heterocycles. The number of carbonyl (C=O) groups excluding carboxylic acids is 2. The number of carbonyl (C=O) groups is 2. The third-order valence-electron chi connectivity index (χ3n) is 5.34. The van der Waals surface area contributed by atoms with Crippen LogP contribution >= 0.6 is 22.9 Å². The van der Waals surface area contributed by atoms with E-state index in [4.69, 9.17) is 11.6 Å². The molecule has 164 valence electrons. The van der Waals surface area contributed by atoms with E-state index in [1.807, 2.05) is 24.4 Å². The fourth-order valence-corrected chi connectivity index (χ4v) is 5.03. The van der Waals surface area contributed by atoms with Gasteiger partial charge in [0.1, 0.15) is 5.01 Å². The number of anilines is 1. The lowest BCUT2D eigenvalue weighted by molar-refractivity contribution is -0.128. The number of aromatic nitrogens is 3. The Balaban J connectivity index is 1.33. The van der Waals surface area contributed by atoms with Crippen molar-refractivity contribution in [2.75, 3.05) is 18.4 Å². The summed E-state index contributed by atoms with van der Waals surface area (Å²) in [5.74, 6) is -0.545. The van der Waals surface area contributed by atoms with E-state index in [9.17, 15) is 9.59 Å². The fourth-order valence-electron chi connectivity index (χ4n) is 3.81. The predicted molar refractivity (Wildman–Crippen MR) is 123 cm³/mol. The molecule has 1 atom stereocenters. The van der Waals surface area contributed by atoms with Crippen molar-refractivity contribution in [3.8, 4) is 0 Å². The standard InChI is InChI=1S/C22H26ClN5O2S/c1-22(2,3)10-18-26-27-21(31-18)25-20(30)14-8-19(29)28(12-14)7-6-13-11-24-17-5-4-15(23)9-16(13)17/h4-5,9,11,14,24H,6-8,10,12H2,1-3H3,(H,25,27,30)/t14-/m1/s1. The summed E-state index contributed by atoms with van der Waals surface area (Å²) in [5.41, 5.74) is 2.24. The number of nitrogens with zero attached hydrogens (tertiary/aromatic N) is 3. The summed E-state index contributed by atoms with van der Waals surface area (Å²) in [6.45, 7) is 7.39. The molecular weight excluding hydrogens is 434 g/mol. The first-order valence-electron chi connectivity index (χ1n) is 10.3. The molecule has 1 aliphatic heterocycles. The molecule has 9 heteroatoms. The molecule has 0 aliphatic carbocycles. The summed E-state index contributed by atoms with van der Waals surface area (Å²) in [6.07, 6.45) is 3.68. The molecule has 0 saturated carbocycles. The molecule has 3 heterocycles. The topological polar surface area (TPSA) is 91.0 Å². The van der Waals surface area contributed by atoms with Crippen molar-refractivity contribution in [2.45, 2.75) is 40.0 Å². The maximum atomic E-state index is 12.7. The number of fused-ring (bicyclic) bond motifs is 1. The van der Waals surface area contributed by atoms with Crippen LogP contribution in [0.25, 0.3) is 10.9 Å². The lowest BCUT2D eigenvalue weighted by atomic mass is 9.93. The van der Waals surface area contributed by atoms with E-state index in [0.717, 1.165) is 27.9 Å². The average molecular weight is 460 g/mol. The first kappa shape index (κ1) is 21.8. The van der Waals surface area contributed by atoms with Crippen LogP contribution in [0.5, 0.6) is 0 Å². The second-order valence-corrected chi connectivity index (χ2v) is 10.7. The molecule has 7 nitrogen and oxygen atoms in total. The van der Waals surface area contributed by atoms with Crippen LogP contribution in [0.4, 0.5) is 5.13 Å². The van der Waals surface area contributed by atoms with Crippen LogP contribution in [-0.2, 0) is 22.4 Å². The molecule has 31 heavy (non-hydrogen) atoms. The van der Waals surface area contributed by atoms with Crippen molar-refractivity contribution >= 4 is 50.8 Å². The molecule has 0 unspecified atom stereocenters. The third kappa shape index (κ3) is 5.25. The van der Waals surface area contributed by atoms with E-state index in [2.05, 4.69) is 41.3 Å². The third-order valence-corrected chi connectivity index (χ3v) is 6.42. The summed E-state index contributed by atoms with van der Waals surface area (Å²) in [5, 5.41) is 14.2. The highest BCUT2D eigenvalue weighted by atomic mass is 35.5. The molecule has 2 N–H and O–H groups in total. The predicted octanol–water partition coefficient (Wildman–Crippen LogP) is 4.29. The number of hydrogen-bond acceptors (Lipinski definition) is 5. The zero-order valence-electron chi connectivity index (χ0n) is 17.9. The number of halogens is 1. The van der Waals surface area contributed by atoms with E-state index in [1.165, 1.54) is 11.3 Å². The van der Waals surface area contributed by atoms with Crippen molar-refractivity contribution in [2.24, 2.45) is 11.3 Å². The number of H-pyrrole nitrogens is 1. The Morgan fingerprint density at radius 2 is 2.16 bits per heavy atom. The molecule has 4 rings (SSSR count). The monoisotopic (exact) mass is 459 g/mol. The number of amides is 2. The Labute approximate surface area is 190 Å². The quantitative estimate of drug-likeness (QED) is 0.575. The summed E-state index contributed by atoms with van der Waals surface area (Å²) in [7, 11) is 0. The summed E-state index contributed by atoms with van der Waals surface area (Å²) in [4.78, 5) is 30.1. The highest BCUT2D eigenvalue weighted by Crippen LogP contribution is 2.27. The van der Waals surface area contributed by atoms with Gasteiger partial charge in [-0.05, 0) is 35.6 Å². The normalized spacial score (nSPS) is 17.0. The zero-order valence-corrected chi connectivity index (χ0v) is 19.4. The van der Waals surface area contributed by atoms with Crippen LogP contribution in [0, 0.1) is 11.3 Å². The molecule has 3 aromatic rings. The van der Waals surface area contributed by atoms with Gasteiger partial charge in [0.15, 0.2) is 0 Å². The van der Waals surface area contributed by atoms with E-state index in [-0.39, 0.29) is 29.6 Å². The smallest absolute Gasteiger partial charge is 0.231 e. The molecule has 2 amide bonds. The minimum absolute atomic E-state index is 0.00343. The summed E-state index contributed by atoms with van der Waals surface area (Å²) >= 11 is 7.51. The number of hydrogen-bond donors (Lipinski definition) is 2. The zero-order chi connectivity index (χ0) is 22.2. The molecule has 1 aromatic carbocycles. The highest BCUT2D eigenvalue weighted by Gasteiger charge is 2.34. The Bertz CT molecular complexity index is 1120. The van der Waals surface area contributed by atoms with Gasteiger partial charge >= 0.3 is 0 Å². The number of nitrogens with one attached hydrogen (secondary N) is 2. The van der Waals surface area contributed by atoms with E-state index in [0.29, 0.717) is 29.7 Å². The lowest BCUT2D eigenvalue weighted by Crippen LogP contribution is -2.30. The largest absolute Gasteiger partial charge is 0.361 e. The maximum Gasteiger partial charge on any atom is 0.231 e. The van der Waals surface area contributed by atoms with Gasteiger partial charge in [0, 0.05) is 48.1 Å². The van der Waals surface area contributed by atoms with Crippen molar-refractivity contribution in [3.63, 3.8) is 0 Å². The molecule has 0 spiro atoms. The molecule has 0 bridgehead atoms. The number of rotatable bonds is 6. The van der Waals surface area contributed by atoms with Gasteiger partial charge < -0.3 is 15.2 Å². The second kappa shape index (κ2) is 8.59. The molecule has 2 aromatic heterocycles. The first-order valence-corrected chi connectivity index (χ1v) is 11.5. The maximum absolute atomic E-state index is 12.7. The van der Waals surface area contributed by atoms with Gasteiger partial charge in [0.05, 0.1) is 5.92 Å². The van der Waals surface area contributed by atoms with E-state index < -0.39 is 0 Å². The second-order valence-electron chi connectivity index (χ2n) is 9.22. The number of likely N-dealkylation sites (tertiary alicyclic amines) is 1. The lowest BCUT2D eigenvalue weighted by Gasteiger charge is -2.16. The van der Waals surface area contributed by atoms with Crippen LogP contribution in [-0.4, -0.2) is 45.0 Å². The van der Waals surface area contributed by atoms with Crippen LogP contribution in [0.2, 0.25) is 5.02 Å².